The number of H-pyrrole nitrogens is 1. The number of ether oxygens (including phenoxy) is 3. The normalized spacial score (nSPS) is 11.9. The molecule has 1 atom stereocenters. The zero-order valence-corrected chi connectivity index (χ0v) is 17.4. The molecule has 0 radical (unpaired) electrons. The Morgan fingerprint density at radius 2 is 1.90 bits per heavy atom. The van der Waals surface area contributed by atoms with E-state index in [0.717, 1.165) is 0 Å². The number of carbonyl (C=O) groups excluding carboxylic acids is 3. The van der Waals surface area contributed by atoms with E-state index in [0.29, 0.717) is 22.6 Å². The second-order valence-electron chi connectivity index (χ2n) is 6.47. The van der Waals surface area contributed by atoms with E-state index in [1.807, 2.05) is 0 Å². The second kappa shape index (κ2) is 9.56. The van der Waals surface area contributed by atoms with Crippen LogP contribution in [0.5, 0.6) is 5.75 Å². The summed E-state index contributed by atoms with van der Waals surface area (Å²) in [5, 5.41) is 9.33. The third-order valence-corrected chi connectivity index (χ3v) is 4.47. The highest BCUT2D eigenvalue weighted by molar-refractivity contribution is 6.05. The fraction of sp³-hybridized carbons (Fsp3) is 0.273. The molecule has 2 rings (SSSR count). The van der Waals surface area contributed by atoms with Gasteiger partial charge in [0.1, 0.15) is 17.4 Å². The average molecular weight is 410 g/mol. The van der Waals surface area contributed by atoms with E-state index < -0.39 is 23.8 Å². The van der Waals surface area contributed by atoms with Crippen molar-refractivity contribution in [3.8, 4) is 11.8 Å². The Hall–Kier alpha value is -3.86. The minimum absolute atomic E-state index is 0.142. The highest BCUT2D eigenvalue weighted by Gasteiger charge is 2.28. The third kappa shape index (κ3) is 4.75. The summed E-state index contributed by atoms with van der Waals surface area (Å²) in [4.78, 5) is 39.9. The first-order valence-corrected chi connectivity index (χ1v) is 9.02. The van der Waals surface area contributed by atoms with Gasteiger partial charge in [-0.2, -0.15) is 5.26 Å². The van der Waals surface area contributed by atoms with E-state index in [4.69, 9.17) is 14.2 Å². The zero-order valence-electron chi connectivity index (χ0n) is 17.4. The van der Waals surface area contributed by atoms with Crippen molar-refractivity contribution in [1.29, 1.82) is 5.26 Å². The van der Waals surface area contributed by atoms with Crippen LogP contribution >= 0.6 is 0 Å². The van der Waals surface area contributed by atoms with Gasteiger partial charge in [0.15, 0.2) is 6.10 Å². The number of aryl methyl sites for hydroxylation is 1. The van der Waals surface area contributed by atoms with Crippen molar-refractivity contribution in [2.24, 2.45) is 0 Å². The molecule has 0 aliphatic rings. The molecule has 30 heavy (non-hydrogen) atoms. The van der Waals surface area contributed by atoms with Gasteiger partial charge >= 0.3 is 11.9 Å². The molecule has 1 aromatic carbocycles. The smallest absolute Gasteiger partial charge is 0.349 e. The molecule has 1 aromatic heterocycles. The number of rotatable bonds is 7. The van der Waals surface area contributed by atoms with Gasteiger partial charge in [0.2, 0.25) is 5.78 Å². The predicted octanol–water partition coefficient (Wildman–Crippen LogP) is 3.15. The van der Waals surface area contributed by atoms with Gasteiger partial charge in [-0.15, -0.1) is 0 Å². The Morgan fingerprint density at radius 3 is 2.50 bits per heavy atom. The molecule has 0 saturated heterocycles. The fourth-order valence-corrected chi connectivity index (χ4v) is 2.92. The van der Waals surface area contributed by atoms with Crippen molar-refractivity contribution in [2.45, 2.75) is 26.9 Å². The van der Waals surface area contributed by atoms with Crippen molar-refractivity contribution in [1.82, 2.24) is 4.98 Å². The molecule has 2 aromatic rings. The minimum atomic E-state index is -1.18. The third-order valence-electron chi connectivity index (χ3n) is 4.47. The minimum Gasteiger partial charge on any atom is -0.497 e. The lowest BCUT2D eigenvalue weighted by Crippen LogP contribution is -2.26. The van der Waals surface area contributed by atoms with Gasteiger partial charge in [-0.25, -0.2) is 9.59 Å². The first-order valence-electron chi connectivity index (χ1n) is 9.02. The van der Waals surface area contributed by atoms with E-state index in [2.05, 4.69) is 4.98 Å². The van der Waals surface area contributed by atoms with Crippen LogP contribution < -0.4 is 4.74 Å². The fourth-order valence-electron chi connectivity index (χ4n) is 2.92. The second-order valence-corrected chi connectivity index (χ2v) is 6.47. The highest BCUT2D eigenvalue weighted by atomic mass is 16.5. The lowest BCUT2D eigenvalue weighted by Gasteiger charge is -2.12. The Balaban J connectivity index is 2.22. The van der Waals surface area contributed by atoms with Crippen LogP contribution in [0, 0.1) is 25.2 Å². The number of aromatic amines is 1. The summed E-state index contributed by atoms with van der Waals surface area (Å²) in [7, 11) is 2.75. The largest absolute Gasteiger partial charge is 0.497 e. The number of ketones is 1. The molecule has 0 fully saturated rings. The Labute approximate surface area is 174 Å². The quantitative estimate of drug-likeness (QED) is 0.322. The summed E-state index contributed by atoms with van der Waals surface area (Å²) in [6, 6.07) is 8.57. The van der Waals surface area contributed by atoms with Gasteiger partial charge in [0.25, 0.3) is 0 Å². The van der Waals surface area contributed by atoms with Gasteiger partial charge in [-0.05, 0) is 50.1 Å². The molecule has 1 N–H and O–H groups in total. The highest BCUT2D eigenvalue weighted by Crippen LogP contribution is 2.21. The number of nitriles is 1. The Bertz CT molecular complexity index is 1060. The molecule has 0 unspecified atom stereocenters. The topological polar surface area (TPSA) is 118 Å². The number of hydrogen-bond donors (Lipinski definition) is 1. The van der Waals surface area contributed by atoms with Gasteiger partial charge in [0.05, 0.1) is 25.5 Å². The molecular weight excluding hydrogens is 388 g/mol. The summed E-state index contributed by atoms with van der Waals surface area (Å²) in [6.45, 7) is 4.63. The maximum Gasteiger partial charge on any atom is 0.349 e. The molecule has 1 heterocycles. The van der Waals surface area contributed by atoms with Gasteiger partial charge < -0.3 is 19.2 Å². The van der Waals surface area contributed by atoms with Crippen LogP contribution in [0.4, 0.5) is 0 Å². The molecule has 156 valence electrons. The standard InChI is InChI=1S/C22H22N2O6/c1-12-18(22(27)29-5)13(2)24-19(12)20(25)14(3)30-21(26)16(11-23)9-15-7-6-8-17(10-15)28-4/h6-10,14,24H,1-5H3/b16-9+/t14-/m0/s1. The SMILES string of the molecule is COC(=O)c1c(C)[nH]c(C(=O)[C@H](C)OC(=O)/C(C#N)=C/c2cccc(OC)c2)c1C. The Kier molecular flexibility index (Phi) is 7.15. The van der Waals surface area contributed by atoms with Crippen LogP contribution in [0.15, 0.2) is 29.8 Å². The van der Waals surface area contributed by atoms with E-state index in [9.17, 15) is 19.6 Å². The van der Waals surface area contributed by atoms with Crippen LogP contribution in [0.2, 0.25) is 0 Å². The number of nitrogens with zero attached hydrogens (tertiary/aromatic N) is 1. The lowest BCUT2D eigenvalue weighted by molar-refractivity contribution is -0.141. The predicted molar refractivity (Wildman–Crippen MR) is 108 cm³/mol. The zero-order chi connectivity index (χ0) is 22.4. The van der Waals surface area contributed by atoms with Crippen molar-refractivity contribution < 1.29 is 28.6 Å². The van der Waals surface area contributed by atoms with Crippen LogP contribution in [0.25, 0.3) is 6.08 Å². The van der Waals surface area contributed by atoms with E-state index >= 15 is 0 Å². The molecular formula is C22H22N2O6. The summed E-state index contributed by atoms with van der Waals surface area (Å²) < 4.78 is 15.0. The summed E-state index contributed by atoms with van der Waals surface area (Å²) >= 11 is 0. The van der Waals surface area contributed by atoms with Crippen molar-refractivity contribution in [3.63, 3.8) is 0 Å². The summed E-state index contributed by atoms with van der Waals surface area (Å²) in [5.41, 5.74) is 1.58. The van der Waals surface area contributed by atoms with Crippen LogP contribution in [-0.4, -0.2) is 43.0 Å². The van der Waals surface area contributed by atoms with E-state index in [-0.39, 0.29) is 16.8 Å². The average Bonchev–Trinajstić information content (AvgIpc) is 3.04. The van der Waals surface area contributed by atoms with Crippen molar-refractivity contribution in [2.75, 3.05) is 14.2 Å². The number of aromatic nitrogens is 1. The number of methoxy groups -OCH3 is 2. The van der Waals surface area contributed by atoms with Gasteiger partial charge in [-0.3, -0.25) is 4.79 Å². The maximum atomic E-state index is 12.8. The first-order chi connectivity index (χ1) is 14.2. The van der Waals surface area contributed by atoms with E-state index in [1.165, 1.54) is 27.2 Å². The first kappa shape index (κ1) is 22.4. The molecule has 0 aliphatic carbocycles. The molecule has 8 heteroatoms. The number of carbonyl (C=O) groups is 3. The van der Waals surface area contributed by atoms with Crippen molar-refractivity contribution >= 4 is 23.8 Å². The number of esters is 2. The van der Waals surface area contributed by atoms with Crippen LogP contribution in [-0.2, 0) is 14.3 Å². The molecule has 0 bridgehead atoms. The number of Topliss-reactive ketones (excluding diaryl/α,β-unsaturated/α-hetero) is 1. The molecule has 0 spiro atoms. The molecule has 0 aliphatic heterocycles. The number of hydrogen-bond acceptors (Lipinski definition) is 7. The van der Waals surface area contributed by atoms with Gasteiger partial charge in [0, 0.05) is 5.69 Å². The van der Waals surface area contributed by atoms with Crippen molar-refractivity contribution in [3.05, 3.63) is 57.9 Å². The maximum absolute atomic E-state index is 12.8. The lowest BCUT2D eigenvalue weighted by atomic mass is 10.1. The van der Waals surface area contributed by atoms with Gasteiger partial charge in [-0.1, -0.05) is 12.1 Å². The summed E-state index contributed by atoms with van der Waals surface area (Å²) in [6.07, 6.45) is 0.170. The molecule has 0 saturated carbocycles. The van der Waals surface area contributed by atoms with Crippen LogP contribution in [0.1, 0.15) is 44.6 Å². The van der Waals surface area contributed by atoms with Crippen LogP contribution in [0.3, 0.4) is 0 Å². The molecule has 0 amide bonds. The number of nitrogens with one attached hydrogen (secondary N) is 1. The monoisotopic (exact) mass is 410 g/mol. The van der Waals surface area contributed by atoms with E-state index in [1.54, 1.807) is 44.2 Å². The number of benzene rings is 1. The summed E-state index contributed by atoms with van der Waals surface area (Å²) in [5.74, 6) is -1.47. The molecule has 8 nitrogen and oxygen atoms in total. The Morgan fingerprint density at radius 1 is 1.20 bits per heavy atom.